The number of methoxy groups -OCH3 is 1. The maximum absolute atomic E-state index is 11.3. The third-order valence-electron chi connectivity index (χ3n) is 2.34. The van der Waals surface area contributed by atoms with E-state index >= 15 is 0 Å². The number of carbonyl (C=O) groups excluding carboxylic acids is 2. The second kappa shape index (κ2) is 7.10. The standard InChI is InChI=1S/C12H13NO6/c1-18-11(14)6-7-12(15)19-8-9-4-2-3-5-10(9)13(16)17/h2-5H,6-8H2,1H3. The van der Waals surface area contributed by atoms with Gasteiger partial charge in [0, 0.05) is 6.07 Å². The van der Waals surface area contributed by atoms with E-state index in [1.807, 2.05) is 0 Å². The molecule has 0 aliphatic rings. The zero-order chi connectivity index (χ0) is 14.3. The van der Waals surface area contributed by atoms with Crippen molar-refractivity contribution in [2.45, 2.75) is 19.4 Å². The van der Waals surface area contributed by atoms with E-state index in [2.05, 4.69) is 4.74 Å². The summed E-state index contributed by atoms with van der Waals surface area (Å²) < 4.78 is 9.24. The Labute approximate surface area is 109 Å². The molecule has 0 aliphatic carbocycles. The summed E-state index contributed by atoms with van der Waals surface area (Å²) in [6.45, 7) is -0.197. The van der Waals surface area contributed by atoms with Gasteiger partial charge < -0.3 is 9.47 Å². The minimum Gasteiger partial charge on any atom is -0.469 e. The fourth-order valence-electron chi connectivity index (χ4n) is 1.35. The van der Waals surface area contributed by atoms with Crippen LogP contribution in [0.3, 0.4) is 0 Å². The van der Waals surface area contributed by atoms with Gasteiger partial charge in [0.1, 0.15) is 6.61 Å². The topological polar surface area (TPSA) is 95.7 Å². The lowest BCUT2D eigenvalue weighted by Crippen LogP contribution is -2.09. The van der Waals surface area contributed by atoms with Crippen molar-refractivity contribution in [1.82, 2.24) is 0 Å². The van der Waals surface area contributed by atoms with Crippen LogP contribution >= 0.6 is 0 Å². The van der Waals surface area contributed by atoms with E-state index in [1.165, 1.54) is 25.3 Å². The molecule has 0 radical (unpaired) electrons. The Kier molecular flexibility index (Phi) is 5.46. The van der Waals surface area contributed by atoms with Gasteiger partial charge in [0.2, 0.25) is 0 Å². The predicted octanol–water partition coefficient (Wildman–Crippen LogP) is 1.59. The summed E-state index contributed by atoms with van der Waals surface area (Å²) in [5.74, 6) is -1.12. The average molecular weight is 267 g/mol. The van der Waals surface area contributed by atoms with Crippen molar-refractivity contribution in [3.05, 3.63) is 39.9 Å². The van der Waals surface area contributed by atoms with Crippen LogP contribution in [0.15, 0.2) is 24.3 Å². The van der Waals surface area contributed by atoms with Crippen LogP contribution < -0.4 is 0 Å². The molecule has 0 unspecified atom stereocenters. The maximum Gasteiger partial charge on any atom is 0.306 e. The van der Waals surface area contributed by atoms with Gasteiger partial charge in [0.15, 0.2) is 0 Å². The molecule has 0 saturated carbocycles. The molecule has 0 atom stereocenters. The molecular weight excluding hydrogens is 254 g/mol. The highest BCUT2D eigenvalue weighted by atomic mass is 16.6. The third kappa shape index (κ3) is 4.74. The number of nitro groups is 1. The molecule has 0 aromatic heterocycles. The molecule has 7 heteroatoms. The van der Waals surface area contributed by atoms with Gasteiger partial charge in [-0.05, 0) is 6.07 Å². The van der Waals surface area contributed by atoms with Crippen LogP contribution in [-0.4, -0.2) is 24.0 Å². The summed E-state index contributed by atoms with van der Waals surface area (Å²) in [6, 6.07) is 5.98. The van der Waals surface area contributed by atoms with Crippen molar-refractivity contribution in [1.29, 1.82) is 0 Å². The van der Waals surface area contributed by atoms with Gasteiger partial charge in [0.05, 0.1) is 30.4 Å². The second-order valence-corrected chi connectivity index (χ2v) is 3.62. The molecule has 7 nitrogen and oxygen atoms in total. The Morgan fingerprint density at radius 2 is 1.84 bits per heavy atom. The minimum absolute atomic E-state index is 0.0772. The van der Waals surface area contributed by atoms with Crippen molar-refractivity contribution < 1.29 is 24.0 Å². The molecule has 0 saturated heterocycles. The first-order chi connectivity index (χ1) is 9.04. The SMILES string of the molecule is COC(=O)CCC(=O)OCc1ccccc1[N+](=O)[O-]. The van der Waals surface area contributed by atoms with Crippen LogP contribution in [0.2, 0.25) is 0 Å². The van der Waals surface area contributed by atoms with Crippen molar-refractivity contribution in [2.24, 2.45) is 0 Å². The quantitative estimate of drug-likeness (QED) is 0.441. The van der Waals surface area contributed by atoms with Gasteiger partial charge in [-0.1, -0.05) is 12.1 Å². The Morgan fingerprint density at radius 1 is 1.21 bits per heavy atom. The number of rotatable bonds is 6. The smallest absolute Gasteiger partial charge is 0.306 e. The monoisotopic (exact) mass is 267 g/mol. The first-order valence-corrected chi connectivity index (χ1v) is 5.49. The average Bonchev–Trinajstić information content (AvgIpc) is 2.42. The van der Waals surface area contributed by atoms with Crippen molar-refractivity contribution in [3.63, 3.8) is 0 Å². The number of nitro benzene ring substituents is 1. The number of para-hydroxylation sites is 1. The molecule has 1 aromatic rings. The number of esters is 2. The van der Waals surface area contributed by atoms with Gasteiger partial charge in [-0.3, -0.25) is 19.7 Å². The van der Waals surface area contributed by atoms with Crippen LogP contribution in [0.1, 0.15) is 18.4 Å². The zero-order valence-electron chi connectivity index (χ0n) is 10.3. The second-order valence-electron chi connectivity index (χ2n) is 3.62. The van der Waals surface area contributed by atoms with E-state index in [0.717, 1.165) is 0 Å². The fraction of sp³-hybridized carbons (Fsp3) is 0.333. The number of hydrogen-bond acceptors (Lipinski definition) is 6. The lowest BCUT2D eigenvalue weighted by atomic mass is 10.2. The van der Waals surface area contributed by atoms with E-state index in [1.54, 1.807) is 6.07 Å². The maximum atomic E-state index is 11.3. The van der Waals surface area contributed by atoms with E-state index in [-0.39, 0.29) is 25.1 Å². The summed E-state index contributed by atoms with van der Waals surface area (Å²) in [4.78, 5) is 32.3. The van der Waals surface area contributed by atoms with E-state index in [9.17, 15) is 19.7 Å². The van der Waals surface area contributed by atoms with Gasteiger partial charge >= 0.3 is 11.9 Å². The summed E-state index contributed by atoms with van der Waals surface area (Å²) in [7, 11) is 1.22. The normalized spacial score (nSPS) is 9.74. The van der Waals surface area contributed by atoms with Gasteiger partial charge in [-0.15, -0.1) is 0 Å². The third-order valence-corrected chi connectivity index (χ3v) is 2.34. The van der Waals surface area contributed by atoms with E-state index in [0.29, 0.717) is 5.56 Å². The summed E-state index contributed by atoms with van der Waals surface area (Å²) in [6.07, 6.45) is -0.195. The van der Waals surface area contributed by atoms with Gasteiger partial charge in [-0.25, -0.2) is 0 Å². The Morgan fingerprint density at radius 3 is 2.47 bits per heavy atom. The predicted molar refractivity (Wildman–Crippen MR) is 64.1 cm³/mol. The number of nitrogens with zero attached hydrogens (tertiary/aromatic N) is 1. The first-order valence-electron chi connectivity index (χ1n) is 5.49. The summed E-state index contributed by atoms with van der Waals surface area (Å²) in [5.41, 5.74) is 0.196. The highest BCUT2D eigenvalue weighted by Crippen LogP contribution is 2.18. The van der Waals surface area contributed by atoms with Gasteiger partial charge in [-0.2, -0.15) is 0 Å². The minimum atomic E-state index is -0.608. The molecule has 0 bridgehead atoms. The molecular formula is C12H13NO6. The number of benzene rings is 1. The first kappa shape index (κ1) is 14.6. The Balaban J connectivity index is 2.51. The molecule has 0 spiro atoms. The number of hydrogen-bond donors (Lipinski definition) is 0. The molecule has 1 aromatic carbocycles. The fourth-order valence-corrected chi connectivity index (χ4v) is 1.35. The summed E-state index contributed by atoms with van der Waals surface area (Å²) >= 11 is 0. The van der Waals surface area contributed by atoms with Crippen LogP contribution in [-0.2, 0) is 25.7 Å². The Hall–Kier alpha value is -2.44. The highest BCUT2D eigenvalue weighted by molar-refractivity contribution is 5.77. The van der Waals surface area contributed by atoms with Crippen LogP contribution in [0.25, 0.3) is 0 Å². The van der Waals surface area contributed by atoms with E-state index in [4.69, 9.17) is 4.74 Å². The van der Waals surface area contributed by atoms with Crippen molar-refractivity contribution >= 4 is 17.6 Å². The zero-order valence-corrected chi connectivity index (χ0v) is 10.3. The lowest BCUT2D eigenvalue weighted by molar-refractivity contribution is -0.385. The van der Waals surface area contributed by atoms with Crippen LogP contribution in [0.4, 0.5) is 5.69 Å². The van der Waals surface area contributed by atoms with Crippen molar-refractivity contribution in [3.8, 4) is 0 Å². The molecule has 1 rings (SSSR count). The molecule has 0 heterocycles. The van der Waals surface area contributed by atoms with Crippen molar-refractivity contribution in [2.75, 3.05) is 7.11 Å². The number of ether oxygens (including phenoxy) is 2. The molecule has 0 amide bonds. The Bertz CT molecular complexity index is 485. The molecule has 19 heavy (non-hydrogen) atoms. The molecule has 102 valence electrons. The highest BCUT2D eigenvalue weighted by Gasteiger charge is 2.14. The lowest BCUT2D eigenvalue weighted by Gasteiger charge is -2.05. The largest absolute Gasteiger partial charge is 0.469 e. The summed E-state index contributed by atoms with van der Waals surface area (Å²) in [5, 5.41) is 10.7. The molecule has 0 fully saturated rings. The molecule has 0 aliphatic heterocycles. The van der Waals surface area contributed by atoms with Crippen LogP contribution in [0.5, 0.6) is 0 Å². The van der Waals surface area contributed by atoms with Crippen LogP contribution in [0, 0.1) is 10.1 Å². The number of carbonyl (C=O) groups is 2. The van der Waals surface area contributed by atoms with Gasteiger partial charge in [0.25, 0.3) is 5.69 Å². The molecule has 0 N–H and O–H groups in total. The van der Waals surface area contributed by atoms with E-state index < -0.39 is 16.9 Å².